The average Bonchev–Trinajstić information content (AvgIpc) is 2.24. The molecule has 0 aliphatic carbocycles. The van der Waals surface area contributed by atoms with Crippen molar-refractivity contribution in [3.8, 4) is 0 Å². The third-order valence-electron chi connectivity index (χ3n) is 2.44. The van der Waals surface area contributed by atoms with E-state index >= 15 is 0 Å². The molecule has 1 aromatic rings. The van der Waals surface area contributed by atoms with Gasteiger partial charge in [-0.3, -0.25) is 4.79 Å². The normalized spacial score (nSPS) is 11.6. The van der Waals surface area contributed by atoms with E-state index in [1.54, 1.807) is 0 Å². The Hall–Kier alpha value is -1.23. The molecule has 0 bridgehead atoms. The molecule has 0 heterocycles. The highest BCUT2D eigenvalue weighted by atomic mass is 35.5. The van der Waals surface area contributed by atoms with E-state index in [0.29, 0.717) is 24.8 Å². The number of aryl methyl sites for hydroxylation is 1. The molecule has 0 fully saturated rings. The molecule has 18 heavy (non-hydrogen) atoms. The van der Waals surface area contributed by atoms with Crippen LogP contribution in [0, 0.1) is 0 Å². The standard InChI is InChI=1S/C12H12ClF3O2/c13-10-6-5-8(3-1-2-4-11(17)18)7-9(10)12(14,15)16/h5-7H,1-4H2,(H,17,18). The molecule has 0 saturated heterocycles. The highest BCUT2D eigenvalue weighted by molar-refractivity contribution is 6.31. The van der Waals surface area contributed by atoms with Crippen LogP contribution in [-0.4, -0.2) is 11.1 Å². The van der Waals surface area contributed by atoms with Gasteiger partial charge in [0.2, 0.25) is 0 Å². The first-order valence-corrected chi connectivity index (χ1v) is 5.76. The van der Waals surface area contributed by atoms with Gasteiger partial charge in [-0.05, 0) is 37.0 Å². The van der Waals surface area contributed by atoms with Gasteiger partial charge in [-0.2, -0.15) is 13.2 Å². The molecule has 0 saturated carbocycles. The van der Waals surface area contributed by atoms with Crippen molar-refractivity contribution in [3.63, 3.8) is 0 Å². The summed E-state index contributed by atoms with van der Waals surface area (Å²) < 4.78 is 37.7. The summed E-state index contributed by atoms with van der Waals surface area (Å²) in [5.41, 5.74) is -0.336. The van der Waals surface area contributed by atoms with Gasteiger partial charge in [-0.15, -0.1) is 0 Å². The van der Waals surface area contributed by atoms with Crippen LogP contribution < -0.4 is 0 Å². The van der Waals surface area contributed by atoms with Crippen LogP contribution in [0.4, 0.5) is 13.2 Å². The summed E-state index contributed by atoms with van der Waals surface area (Å²) in [4.78, 5) is 10.3. The number of carbonyl (C=O) groups is 1. The van der Waals surface area contributed by atoms with Crippen LogP contribution in [0.3, 0.4) is 0 Å². The summed E-state index contributed by atoms with van der Waals surface area (Å²) in [7, 11) is 0. The van der Waals surface area contributed by atoms with Crippen molar-refractivity contribution < 1.29 is 23.1 Å². The lowest BCUT2D eigenvalue weighted by atomic mass is 10.0. The van der Waals surface area contributed by atoms with Crippen LogP contribution in [-0.2, 0) is 17.4 Å². The number of benzene rings is 1. The number of carboxylic acid groups (broad SMARTS) is 1. The number of unbranched alkanes of at least 4 members (excludes halogenated alkanes) is 1. The first-order valence-electron chi connectivity index (χ1n) is 5.38. The summed E-state index contributed by atoms with van der Waals surface area (Å²) in [6.45, 7) is 0. The second-order valence-electron chi connectivity index (χ2n) is 3.91. The lowest BCUT2D eigenvalue weighted by molar-refractivity contribution is -0.138. The summed E-state index contributed by atoms with van der Waals surface area (Å²) in [6.07, 6.45) is -3.05. The molecule has 1 rings (SSSR count). The minimum atomic E-state index is -4.46. The summed E-state index contributed by atoms with van der Waals surface area (Å²) in [5.74, 6) is -0.901. The van der Waals surface area contributed by atoms with E-state index in [1.807, 2.05) is 0 Å². The van der Waals surface area contributed by atoms with Gasteiger partial charge in [-0.1, -0.05) is 17.7 Å². The molecule has 0 aromatic heterocycles. The third kappa shape index (κ3) is 4.56. The quantitative estimate of drug-likeness (QED) is 0.823. The van der Waals surface area contributed by atoms with E-state index in [2.05, 4.69) is 0 Å². The van der Waals surface area contributed by atoms with Crippen LogP contribution in [0.2, 0.25) is 5.02 Å². The van der Waals surface area contributed by atoms with Gasteiger partial charge in [-0.25, -0.2) is 0 Å². The summed E-state index contributed by atoms with van der Waals surface area (Å²) in [6, 6.07) is 3.76. The highest BCUT2D eigenvalue weighted by Crippen LogP contribution is 2.35. The fourth-order valence-electron chi connectivity index (χ4n) is 1.55. The Morgan fingerprint density at radius 3 is 2.50 bits per heavy atom. The fourth-order valence-corrected chi connectivity index (χ4v) is 1.78. The van der Waals surface area contributed by atoms with Crippen molar-refractivity contribution in [2.75, 3.05) is 0 Å². The SMILES string of the molecule is O=C(O)CCCCc1ccc(Cl)c(C(F)(F)F)c1. The van der Waals surface area contributed by atoms with Crippen molar-refractivity contribution in [1.29, 1.82) is 0 Å². The van der Waals surface area contributed by atoms with E-state index in [4.69, 9.17) is 16.7 Å². The number of carboxylic acids is 1. The summed E-state index contributed by atoms with van der Waals surface area (Å²) in [5, 5.41) is 8.11. The zero-order chi connectivity index (χ0) is 13.8. The molecule has 100 valence electrons. The minimum Gasteiger partial charge on any atom is -0.481 e. The zero-order valence-corrected chi connectivity index (χ0v) is 10.2. The average molecular weight is 281 g/mol. The van der Waals surface area contributed by atoms with Crippen LogP contribution in [0.1, 0.15) is 30.4 Å². The van der Waals surface area contributed by atoms with Gasteiger partial charge in [0.1, 0.15) is 0 Å². The number of rotatable bonds is 5. The number of halogens is 4. The van der Waals surface area contributed by atoms with Crippen LogP contribution >= 0.6 is 11.6 Å². The largest absolute Gasteiger partial charge is 0.481 e. The van der Waals surface area contributed by atoms with Crippen LogP contribution in [0.25, 0.3) is 0 Å². The molecule has 0 radical (unpaired) electrons. The van der Waals surface area contributed by atoms with Crippen molar-refractivity contribution in [1.82, 2.24) is 0 Å². The van der Waals surface area contributed by atoms with Crippen LogP contribution in [0.15, 0.2) is 18.2 Å². The molecule has 6 heteroatoms. The van der Waals surface area contributed by atoms with Crippen molar-refractivity contribution in [3.05, 3.63) is 34.3 Å². The predicted molar refractivity (Wildman–Crippen MR) is 61.6 cm³/mol. The van der Waals surface area contributed by atoms with Crippen molar-refractivity contribution in [2.24, 2.45) is 0 Å². The molecule has 2 nitrogen and oxygen atoms in total. The van der Waals surface area contributed by atoms with E-state index in [1.165, 1.54) is 12.1 Å². The van der Waals surface area contributed by atoms with E-state index in [0.717, 1.165) is 6.07 Å². The molecule has 1 N–H and O–H groups in total. The zero-order valence-electron chi connectivity index (χ0n) is 9.43. The Balaban J connectivity index is 2.65. The number of hydrogen-bond donors (Lipinski definition) is 1. The maximum Gasteiger partial charge on any atom is 0.417 e. The number of alkyl halides is 3. The second kappa shape index (κ2) is 6.09. The Kier molecular flexibility index (Phi) is 5.02. The van der Waals surface area contributed by atoms with Gasteiger partial charge in [0.05, 0.1) is 10.6 Å². The van der Waals surface area contributed by atoms with Gasteiger partial charge in [0.25, 0.3) is 0 Å². The Morgan fingerprint density at radius 1 is 1.28 bits per heavy atom. The Morgan fingerprint density at radius 2 is 1.94 bits per heavy atom. The maximum absolute atomic E-state index is 12.6. The highest BCUT2D eigenvalue weighted by Gasteiger charge is 2.33. The van der Waals surface area contributed by atoms with Gasteiger partial charge in [0.15, 0.2) is 0 Å². The molecule has 0 aliphatic heterocycles. The van der Waals surface area contributed by atoms with Gasteiger partial charge >= 0.3 is 12.1 Å². The topological polar surface area (TPSA) is 37.3 Å². The number of hydrogen-bond acceptors (Lipinski definition) is 1. The molecular formula is C12H12ClF3O2. The number of aliphatic carboxylic acids is 1. The van der Waals surface area contributed by atoms with Crippen LogP contribution in [0.5, 0.6) is 0 Å². The lowest BCUT2D eigenvalue weighted by Crippen LogP contribution is -2.06. The smallest absolute Gasteiger partial charge is 0.417 e. The van der Waals surface area contributed by atoms with Gasteiger partial charge in [0, 0.05) is 6.42 Å². The molecule has 0 unspecified atom stereocenters. The van der Waals surface area contributed by atoms with E-state index < -0.39 is 17.7 Å². The minimum absolute atomic E-state index is 0.0275. The second-order valence-corrected chi connectivity index (χ2v) is 4.32. The monoisotopic (exact) mass is 280 g/mol. The first-order chi connectivity index (χ1) is 8.30. The van der Waals surface area contributed by atoms with Gasteiger partial charge < -0.3 is 5.11 Å². The fraction of sp³-hybridized carbons (Fsp3) is 0.417. The first kappa shape index (κ1) is 14.8. The lowest BCUT2D eigenvalue weighted by Gasteiger charge is -2.10. The van der Waals surface area contributed by atoms with Crippen molar-refractivity contribution in [2.45, 2.75) is 31.9 Å². The van der Waals surface area contributed by atoms with Crippen molar-refractivity contribution >= 4 is 17.6 Å². The molecule has 0 atom stereocenters. The van der Waals surface area contributed by atoms with E-state index in [9.17, 15) is 18.0 Å². The third-order valence-corrected chi connectivity index (χ3v) is 2.77. The molecular weight excluding hydrogens is 269 g/mol. The molecule has 0 amide bonds. The molecule has 1 aromatic carbocycles. The molecule has 0 aliphatic rings. The maximum atomic E-state index is 12.6. The Bertz CT molecular complexity index is 430. The summed E-state index contributed by atoms with van der Waals surface area (Å²) >= 11 is 5.49. The Labute approximate surface area is 107 Å². The van der Waals surface area contributed by atoms with E-state index in [-0.39, 0.29) is 11.4 Å². The predicted octanol–water partition coefficient (Wildman–Crippen LogP) is 4.16. The molecule has 0 spiro atoms.